The van der Waals surface area contributed by atoms with E-state index in [2.05, 4.69) is 15.3 Å². The molecule has 1 unspecified atom stereocenters. The van der Waals surface area contributed by atoms with Crippen LogP contribution >= 0.6 is 0 Å². The van der Waals surface area contributed by atoms with Crippen LogP contribution in [0.1, 0.15) is 30.9 Å². The molecule has 9 heteroatoms. The van der Waals surface area contributed by atoms with Gasteiger partial charge < -0.3 is 15.2 Å². The Morgan fingerprint density at radius 1 is 1.55 bits per heavy atom. The van der Waals surface area contributed by atoms with E-state index in [4.69, 9.17) is 0 Å². The molecule has 0 spiro atoms. The highest BCUT2D eigenvalue weighted by Gasteiger charge is 2.19. The first kappa shape index (κ1) is 14.1. The quantitative estimate of drug-likeness (QED) is 0.615. The van der Waals surface area contributed by atoms with Gasteiger partial charge in [-0.3, -0.25) is 0 Å². The van der Waals surface area contributed by atoms with Gasteiger partial charge in [-0.1, -0.05) is 12.1 Å². The zero-order chi connectivity index (χ0) is 14.7. The second-order valence-corrected chi connectivity index (χ2v) is 4.44. The van der Waals surface area contributed by atoms with E-state index in [9.17, 15) is 15.2 Å². The van der Waals surface area contributed by atoms with Crippen LogP contribution in [0.5, 0.6) is 0 Å². The highest BCUT2D eigenvalue weighted by atomic mass is 16.6. The largest absolute Gasteiger partial charge is 0.394 e. The molecule has 2 aromatic heterocycles. The van der Waals surface area contributed by atoms with E-state index in [-0.39, 0.29) is 25.0 Å². The first-order valence-electron chi connectivity index (χ1n) is 6.24. The second-order valence-electron chi connectivity index (χ2n) is 4.44. The molecule has 2 heterocycles. The maximum Gasteiger partial charge on any atom is 0.343 e. The maximum absolute atomic E-state index is 10.9. The third-order valence-corrected chi connectivity index (χ3v) is 3.16. The summed E-state index contributed by atoms with van der Waals surface area (Å²) in [6, 6.07) is -0.130. The molecule has 0 aliphatic carbocycles. The molecule has 0 fully saturated rings. The first-order valence-corrected chi connectivity index (χ1v) is 6.24. The number of imidazole rings is 1. The van der Waals surface area contributed by atoms with E-state index in [0.717, 1.165) is 6.42 Å². The molecule has 0 saturated heterocycles. The summed E-state index contributed by atoms with van der Waals surface area (Å²) in [7, 11) is 0. The van der Waals surface area contributed by atoms with Gasteiger partial charge in [0.25, 0.3) is 0 Å². The van der Waals surface area contributed by atoms with Crippen molar-refractivity contribution in [3.63, 3.8) is 0 Å². The fourth-order valence-electron chi connectivity index (χ4n) is 1.92. The van der Waals surface area contributed by atoms with Crippen LogP contribution in [0.2, 0.25) is 0 Å². The van der Waals surface area contributed by atoms with Crippen LogP contribution in [-0.4, -0.2) is 41.2 Å². The lowest BCUT2D eigenvalue weighted by molar-refractivity contribution is -0.392. The van der Waals surface area contributed by atoms with Gasteiger partial charge in [0.15, 0.2) is 5.82 Å². The fraction of sp³-hybridized carbons (Fsp3) is 0.545. The van der Waals surface area contributed by atoms with E-state index in [1.54, 1.807) is 17.8 Å². The van der Waals surface area contributed by atoms with Crippen molar-refractivity contribution in [3.8, 4) is 0 Å². The van der Waals surface area contributed by atoms with Crippen LogP contribution < -0.4 is 0 Å². The maximum atomic E-state index is 10.9. The molecule has 0 aliphatic heterocycles. The number of aliphatic hydroxyl groups is 1. The normalized spacial score (nSPS) is 12.6. The summed E-state index contributed by atoms with van der Waals surface area (Å²) in [5.74, 6) is 0.465. The molecule has 20 heavy (non-hydrogen) atoms. The molecule has 1 N–H and O–H groups in total. The predicted octanol–water partition coefficient (Wildman–Crippen LogP) is 0.683. The molecule has 2 aromatic rings. The Morgan fingerprint density at radius 3 is 2.90 bits per heavy atom. The Bertz CT molecular complexity index is 601. The lowest BCUT2D eigenvalue weighted by atomic mass is 10.2. The molecule has 0 amide bonds. The number of aryl methyl sites for hydroxylation is 1. The Hall–Kier alpha value is -2.29. The highest BCUT2D eigenvalue weighted by Crippen LogP contribution is 2.16. The zero-order valence-electron chi connectivity index (χ0n) is 11.3. The summed E-state index contributed by atoms with van der Waals surface area (Å²) >= 11 is 0. The third kappa shape index (κ3) is 2.67. The molecular formula is C11H16N6O3. The molecular weight excluding hydrogens is 264 g/mol. The predicted molar refractivity (Wildman–Crippen MR) is 69.2 cm³/mol. The Balaban J connectivity index is 2.23. The second kappa shape index (κ2) is 5.78. The van der Waals surface area contributed by atoms with E-state index >= 15 is 0 Å². The van der Waals surface area contributed by atoms with Crippen LogP contribution in [0.4, 0.5) is 5.82 Å². The number of nitro groups is 1. The van der Waals surface area contributed by atoms with Gasteiger partial charge in [-0.25, -0.2) is 14.2 Å². The average Bonchev–Trinajstić information content (AvgIpc) is 3.00. The Morgan fingerprint density at radius 2 is 2.30 bits per heavy atom. The number of aliphatic hydroxyl groups excluding tert-OH is 1. The summed E-state index contributed by atoms with van der Waals surface area (Å²) in [6.07, 6.45) is 3.64. The van der Waals surface area contributed by atoms with Crippen molar-refractivity contribution < 1.29 is 10.0 Å². The fourth-order valence-corrected chi connectivity index (χ4v) is 1.92. The molecule has 0 aromatic carbocycles. The number of hydrogen-bond acceptors (Lipinski definition) is 6. The van der Waals surface area contributed by atoms with Gasteiger partial charge in [-0.15, -0.1) is 5.10 Å². The zero-order valence-corrected chi connectivity index (χ0v) is 11.3. The lowest BCUT2D eigenvalue weighted by Crippen LogP contribution is -2.12. The monoisotopic (exact) mass is 280 g/mol. The van der Waals surface area contributed by atoms with Crippen molar-refractivity contribution in [1.29, 1.82) is 0 Å². The summed E-state index contributed by atoms with van der Waals surface area (Å²) in [5.41, 5.74) is 0.584. The van der Waals surface area contributed by atoms with Crippen molar-refractivity contribution in [1.82, 2.24) is 24.5 Å². The van der Waals surface area contributed by atoms with Gasteiger partial charge in [0.05, 0.1) is 18.8 Å². The van der Waals surface area contributed by atoms with Crippen molar-refractivity contribution in [3.05, 3.63) is 34.0 Å². The molecule has 0 bridgehead atoms. The van der Waals surface area contributed by atoms with Crippen LogP contribution in [0.15, 0.2) is 12.4 Å². The molecule has 2 rings (SSSR count). The number of hydrogen-bond donors (Lipinski definition) is 1. The summed E-state index contributed by atoms with van der Waals surface area (Å²) < 4.78 is 3.04. The number of aromatic nitrogens is 5. The van der Waals surface area contributed by atoms with Gasteiger partial charge in [-0.2, -0.15) is 0 Å². The summed E-state index contributed by atoms with van der Waals surface area (Å²) in [4.78, 5) is 14.4. The third-order valence-electron chi connectivity index (χ3n) is 3.16. The molecule has 0 saturated carbocycles. The topological polar surface area (TPSA) is 112 Å². The number of nitrogens with zero attached hydrogens (tertiary/aromatic N) is 6. The van der Waals surface area contributed by atoms with Gasteiger partial charge in [0, 0.05) is 6.92 Å². The van der Waals surface area contributed by atoms with E-state index < -0.39 is 4.92 Å². The van der Waals surface area contributed by atoms with Crippen LogP contribution in [0.3, 0.4) is 0 Å². The summed E-state index contributed by atoms with van der Waals surface area (Å²) in [5, 5.41) is 28.0. The minimum Gasteiger partial charge on any atom is -0.394 e. The minimum absolute atomic E-state index is 0.0243. The first-order chi connectivity index (χ1) is 9.56. The summed E-state index contributed by atoms with van der Waals surface area (Å²) in [6.45, 7) is 3.83. The van der Waals surface area contributed by atoms with Crippen LogP contribution in [0.25, 0.3) is 0 Å². The van der Waals surface area contributed by atoms with Crippen LogP contribution in [0, 0.1) is 17.0 Å². The number of rotatable bonds is 6. The van der Waals surface area contributed by atoms with E-state index in [0.29, 0.717) is 11.5 Å². The molecule has 0 aliphatic rings. The highest BCUT2D eigenvalue weighted by molar-refractivity contribution is 5.20. The molecule has 1 atom stereocenters. The molecule has 0 radical (unpaired) electrons. The van der Waals surface area contributed by atoms with Gasteiger partial charge >= 0.3 is 5.82 Å². The minimum atomic E-state index is -0.479. The van der Waals surface area contributed by atoms with Crippen molar-refractivity contribution in [2.24, 2.45) is 0 Å². The van der Waals surface area contributed by atoms with Gasteiger partial charge in [-0.05, 0) is 11.3 Å². The average molecular weight is 280 g/mol. The molecule has 108 valence electrons. The van der Waals surface area contributed by atoms with E-state index in [1.165, 1.54) is 10.8 Å². The Kier molecular flexibility index (Phi) is 4.08. The lowest BCUT2D eigenvalue weighted by Gasteiger charge is -2.09. The SMILES string of the molecule is CCC(CO)n1cc(Cn2c([N+](=O)[O-])cnc2C)nn1. The smallest absolute Gasteiger partial charge is 0.343 e. The van der Waals surface area contributed by atoms with Crippen molar-refractivity contribution >= 4 is 5.82 Å². The van der Waals surface area contributed by atoms with Crippen LogP contribution in [-0.2, 0) is 6.54 Å². The van der Waals surface area contributed by atoms with Crippen molar-refractivity contribution in [2.45, 2.75) is 32.9 Å². The van der Waals surface area contributed by atoms with Gasteiger partial charge in [0.1, 0.15) is 18.4 Å². The Labute approximate surface area is 115 Å². The van der Waals surface area contributed by atoms with E-state index in [1.807, 2.05) is 6.92 Å². The van der Waals surface area contributed by atoms with Crippen molar-refractivity contribution in [2.75, 3.05) is 6.61 Å². The standard InChI is InChI=1S/C11H16N6O3/c1-3-10(7-18)16-6-9(13-14-16)5-15-8(2)12-4-11(15)17(19)20/h4,6,10,18H,3,5,7H2,1-2H3. The molecule has 9 nitrogen and oxygen atoms in total. The van der Waals surface area contributed by atoms with Gasteiger partial charge in [0.2, 0.25) is 0 Å².